The molecule has 5 amide bonds. The molecule has 0 unspecified atom stereocenters. The first kappa shape index (κ1) is 23.7. The molecule has 0 atom stereocenters. The number of hydrogen-bond donors (Lipinski definition) is 2. The van der Waals surface area contributed by atoms with Crippen LogP contribution in [-0.2, 0) is 6.42 Å². The van der Waals surface area contributed by atoms with Crippen LogP contribution in [0.25, 0.3) is 0 Å². The third-order valence-electron chi connectivity index (χ3n) is 6.30. The zero-order chi connectivity index (χ0) is 26.3. The number of nitrogens with one attached hydrogen (secondary N) is 2. The number of rotatable bonds is 7. The fourth-order valence-corrected chi connectivity index (χ4v) is 4.36. The predicted molar refractivity (Wildman–Crippen MR) is 131 cm³/mol. The Bertz CT molecular complexity index is 1510. The molecule has 3 aromatic carbocycles. The molecule has 2 heterocycles. The van der Waals surface area contributed by atoms with E-state index in [0.717, 1.165) is 10.5 Å². The normalized spacial score (nSPS) is 13.8. The van der Waals surface area contributed by atoms with Crippen molar-refractivity contribution >= 4 is 35.2 Å². The van der Waals surface area contributed by atoms with Gasteiger partial charge in [-0.2, -0.15) is 0 Å². The first-order chi connectivity index (χ1) is 17.8. The number of carbonyl (C=O) groups is 5. The van der Waals surface area contributed by atoms with E-state index in [-0.39, 0.29) is 34.4 Å². The highest BCUT2D eigenvalue weighted by Crippen LogP contribution is 2.29. The molecule has 5 rings (SSSR count). The molecular weight excluding hydrogens is 478 g/mol. The number of imide groups is 2. The second kappa shape index (κ2) is 9.23. The van der Waals surface area contributed by atoms with Gasteiger partial charge in [0.1, 0.15) is 0 Å². The minimum atomic E-state index is -0.536. The Hall–Kier alpha value is -4.99. The molecule has 37 heavy (non-hydrogen) atoms. The summed E-state index contributed by atoms with van der Waals surface area (Å²) in [6.45, 7) is 0.152. The lowest BCUT2D eigenvalue weighted by Crippen LogP contribution is -2.31. The molecule has 2 aliphatic heterocycles. The second-order valence-corrected chi connectivity index (χ2v) is 8.46. The summed E-state index contributed by atoms with van der Waals surface area (Å²) in [6.07, 6.45) is 0.410. The molecule has 0 fully saturated rings. The lowest BCUT2D eigenvalue weighted by atomic mass is 10.0. The van der Waals surface area contributed by atoms with Gasteiger partial charge in [0.05, 0.1) is 36.5 Å². The number of nitrogens with zero attached hydrogens (tertiary/aromatic N) is 1. The Morgan fingerprint density at radius 2 is 1.49 bits per heavy atom. The molecule has 2 N–H and O–H groups in total. The van der Waals surface area contributed by atoms with Crippen LogP contribution in [0.15, 0.2) is 54.6 Å². The van der Waals surface area contributed by atoms with E-state index in [4.69, 9.17) is 9.47 Å². The summed E-state index contributed by atoms with van der Waals surface area (Å²) in [5, 5.41) is 4.85. The maximum absolute atomic E-state index is 13.0. The summed E-state index contributed by atoms with van der Waals surface area (Å²) in [6, 6.07) is 14.0. The Morgan fingerprint density at radius 3 is 2.24 bits per heavy atom. The van der Waals surface area contributed by atoms with Gasteiger partial charge in [-0.1, -0.05) is 6.07 Å². The highest BCUT2D eigenvalue weighted by Gasteiger charge is 2.36. The SMILES string of the molecule is COc1ccc(CCN2C(=O)c3ccc(C(=O)Nc4ccc5c(c4)C(=O)NC5=O)cc3C2=O)cc1OC. The summed E-state index contributed by atoms with van der Waals surface area (Å²) in [5.74, 6) is -1.34. The number of hydrogen-bond acceptors (Lipinski definition) is 7. The van der Waals surface area contributed by atoms with Gasteiger partial charge in [-0.25, -0.2) is 0 Å². The van der Waals surface area contributed by atoms with Crippen molar-refractivity contribution in [3.8, 4) is 11.5 Å². The van der Waals surface area contributed by atoms with E-state index < -0.39 is 29.5 Å². The molecule has 10 nitrogen and oxygen atoms in total. The first-order valence-electron chi connectivity index (χ1n) is 11.3. The van der Waals surface area contributed by atoms with Gasteiger partial charge in [-0.15, -0.1) is 0 Å². The molecule has 0 saturated heterocycles. The number of fused-ring (bicyclic) bond motifs is 2. The van der Waals surface area contributed by atoms with Crippen LogP contribution in [-0.4, -0.2) is 55.2 Å². The van der Waals surface area contributed by atoms with E-state index >= 15 is 0 Å². The average molecular weight is 499 g/mol. The van der Waals surface area contributed by atoms with Crippen molar-refractivity contribution in [2.24, 2.45) is 0 Å². The lowest BCUT2D eigenvalue weighted by Gasteiger charge is -2.14. The number of carbonyl (C=O) groups excluding carboxylic acids is 5. The van der Waals surface area contributed by atoms with Crippen molar-refractivity contribution in [1.82, 2.24) is 10.2 Å². The van der Waals surface area contributed by atoms with E-state index in [0.29, 0.717) is 23.6 Å². The molecule has 0 aliphatic carbocycles. The summed E-state index contributed by atoms with van der Waals surface area (Å²) >= 11 is 0. The summed E-state index contributed by atoms with van der Waals surface area (Å²) in [7, 11) is 3.07. The minimum Gasteiger partial charge on any atom is -0.493 e. The third-order valence-corrected chi connectivity index (χ3v) is 6.30. The van der Waals surface area contributed by atoms with E-state index in [2.05, 4.69) is 10.6 Å². The van der Waals surface area contributed by atoms with Crippen LogP contribution in [0.2, 0.25) is 0 Å². The maximum Gasteiger partial charge on any atom is 0.261 e. The van der Waals surface area contributed by atoms with Gasteiger partial charge >= 0.3 is 0 Å². The molecular formula is C27H21N3O7. The Balaban J connectivity index is 1.30. The predicted octanol–water partition coefficient (Wildman–Crippen LogP) is 2.68. The fourth-order valence-electron chi connectivity index (χ4n) is 4.36. The van der Waals surface area contributed by atoms with Crippen molar-refractivity contribution in [2.75, 3.05) is 26.1 Å². The largest absolute Gasteiger partial charge is 0.493 e. The number of methoxy groups -OCH3 is 2. The summed E-state index contributed by atoms with van der Waals surface area (Å²) in [4.78, 5) is 63.5. The number of ether oxygens (including phenoxy) is 2. The van der Waals surface area contributed by atoms with E-state index in [1.54, 1.807) is 12.1 Å². The van der Waals surface area contributed by atoms with Crippen molar-refractivity contribution in [3.05, 3.63) is 88.0 Å². The Kier molecular flexibility index (Phi) is 5.92. The number of anilines is 1. The first-order valence-corrected chi connectivity index (χ1v) is 11.3. The molecule has 2 aliphatic rings. The van der Waals surface area contributed by atoms with Crippen LogP contribution in [0.3, 0.4) is 0 Å². The van der Waals surface area contributed by atoms with Crippen LogP contribution in [0, 0.1) is 0 Å². The minimum absolute atomic E-state index is 0.142. The molecule has 0 radical (unpaired) electrons. The van der Waals surface area contributed by atoms with Crippen molar-refractivity contribution in [1.29, 1.82) is 0 Å². The second-order valence-electron chi connectivity index (χ2n) is 8.46. The van der Waals surface area contributed by atoms with Gasteiger partial charge in [0, 0.05) is 17.8 Å². The molecule has 3 aromatic rings. The quantitative estimate of drug-likeness (QED) is 0.478. The topological polar surface area (TPSA) is 131 Å². The van der Waals surface area contributed by atoms with Crippen LogP contribution in [0.5, 0.6) is 11.5 Å². The van der Waals surface area contributed by atoms with E-state index in [1.807, 2.05) is 6.07 Å². The van der Waals surface area contributed by atoms with Crippen molar-refractivity contribution in [3.63, 3.8) is 0 Å². The molecule has 0 spiro atoms. The highest BCUT2D eigenvalue weighted by molar-refractivity contribution is 6.23. The molecule has 0 aromatic heterocycles. The number of amides is 5. The smallest absolute Gasteiger partial charge is 0.261 e. The van der Waals surface area contributed by atoms with E-state index in [1.165, 1.54) is 50.6 Å². The Morgan fingerprint density at radius 1 is 0.784 bits per heavy atom. The van der Waals surface area contributed by atoms with Crippen LogP contribution in [0.4, 0.5) is 5.69 Å². The van der Waals surface area contributed by atoms with Gasteiger partial charge in [-0.05, 0) is 60.5 Å². The lowest BCUT2D eigenvalue weighted by molar-refractivity contribution is 0.0655. The molecule has 0 saturated carbocycles. The molecule has 0 bridgehead atoms. The van der Waals surface area contributed by atoms with Crippen molar-refractivity contribution in [2.45, 2.75) is 6.42 Å². The molecule has 186 valence electrons. The monoisotopic (exact) mass is 499 g/mol. The average Bonchev–Trinajstić information content (AvgIpc) is 3.32. The maximum atomic E-state index is 13.0. The van der Waals surface area contributed by atoms with Gasteiger partial charge in [0.15, 0.2) is 11.5 Å². The van der Waals surface area contributed by atoms with Crippen LogP contribution >= 0.6 is 0 Å². The molecule has 10 heteroatoms. The zero-order valence-corrected chi connectivity index (χ0v) is 19.9. The van der Waals surface area contributed by atoms with Gasteiger partial charge in [0.2, 0.25) is 0 Å². The van der Waals surface area contributed by atoms with Gasteiger partial charge < -0.3 is 14.8 Å². The van der Waals surface area contributed by atoms with Gasteiger partial charge in [0.25, 0.3) is 29.5 Å². The van der Waals surface area contributed by atoms with Gasteiger partial charge in [-0.3, -0.25) is 34.2 Å². The summed E-state index contributed by atoms with van der Waals surface area (Å²) in [5.41, 5.74) is 2.11. The van der Waals surface area contributed by atoms with Crippen molar-refractivity contribution < 1.29 is 33.4 Å². The Labute approximate surface area is 211 Å². The van der Waals surface area contributed by atoms with Crippen LogP contribution < -0.4 is 20.1 Å². The standard InChI is InChI=1S/C27H21N3O7/c1-36-21-8-3-14(11-22(21)37-2)9-10-30-26(34)18-6-4-15(12-20(18)27(30)35)23(31)28-16-5-7-17-19(13-16)25(33)29-24(17)32/h3-8,11-13H,9-10H2,1-2H3,(H,28,31)(H,29,32,33). The summed E-state index contributed by atoms with van der Waals surface area (Å²) < 4.78 is 10.5. The zero-order valence-electron chi connectivity index (χ0n) is 19.9. The van der Waals surface area contributed by atoms with E-state index in [9.17, 15) is 24.0 Å². The highest BCUT2D eigenvalue weighted by atomic mass is 16.5. The number of benzene rings is 3. The third kappa shape index (κ3) is 4.18. The fraction of sp³-hybridized carbons (Fsp3) is 0.148. The van der Waals surface area contributed by atoms with Crippen LogP contribution in [0.1, 0.15) is 57.4 Å².